The lowest BCUT2D eigenvalue weighted by atomic mass is 10.0. The maximum absolute atomic E-state index is 4.62. The molecule has 2 nitrogen and oxygen atoms in total. The molecule has 0 bridgehead atoms. The van der Waals surface area contributed by atoms with Crippen LogP contribution in [0.3, 0.4) is 0 Å². The Kier molecular flexibility index (Phi) is 4.02. The number of hydrogen-bond acceptors (Lipinski definition) is 2. The summed E-state index contributed by atoms with van der Waals surface area (Å²) in [5, 5.41) is 0.989. The fraction of sp³-hybridized carbons (Fsp3) is 0.278. The quantitative estimate of drug-likeness (QED) is 0.663. The first-order valence-corrected chi connectivity index (χ1v) is 8.28. The molecule has 0 atom stereocenters. The average Bonchev–Trinajstić information content (AvgIpc) is 2.87. The first-order chi connectivity index (χ1) is 10.1. The predicted molar refractivity (Wildman–Crippen MR) is 90.9 cm³/mol. The van der Waals surface area contributed by atoms with Gasteiger partial charge in [-0.1, -0.05) is 55.9 Å². The van der Waals surface area contributed by atoms with Crippen LogP contribution in [0.2, 0.25) is 0 Å². The van der Waals surface area contributed by atoms with E-state index in [0.29, 0.717) is 5.92 Å². The van der Waals surface area contributed by atoms with E-state index >= 15 is 0 Å². The van der Waals surface area contributed by atoms with Gasteiger partial charge in [-0.2, -0.15) is 0 Å². The number of H-pyrrole nitrogens is 1. The van der Waals surface area contributed by atoms with Crippen LogP contribution >= 0.6 is 11.8 Å². The highest BCUT2D eigenvalue weighted by atomic mass is 32.2. The highest BCUT2D eigenvalue weighted by Crippen LogP contribution is 2.24. The first-order valence-electron chi connectivity index (χ1n) is 7.30. The van der Waals surface area contributed by atoms with E-state index in [1.54, 1.807) is 11.8 Å². The minimum atomic E-state index is 0.588. The van der Waals surface area contributed by atoms with Gasteiger partial charge in [0.25, 0.3) is 0 Å². The summed E-state index contributed by atoms with van der Waals surface area (Å²) in [6, 6.07) is 15.2. The molecule has 0 amide bonds. The summed E-state index contributed by atoms with van der Waals surface area (Å²) in [6.45, 7) is 6.55. The molecule has 0 spiro atoms. The zero-order chi connectivity index (χ0) is 14.8. The number of fused-ring (bicyclic) bond motifs is 1. The SMILES string of the molecule is Cc1ccc2nc(SCc3ccc(C(C)C)cc3)[nH]c2c1. The Morgan fingerprint density at radius 3 is 2.57 bits per heavy atom. The fourth-order valence-electron chi connectivity index (χ4n) is 2.32. The molecule has 0 fully saturated rings. The van der Waals surface area contributed by atoms with E-state index < -0.39 is 0 Å². The molecule has 1 heterocycles. The van der Waals surface area contributed by atoms with Crippen LogP contribution < -0.4 is 0 Å². The number of rotatable bonds is 4. The highest BCUT2D eigenvalue weighted by molar-refractivity contribution is 7.98. The number of imidazole rings is 1. The average molecular weight is 296 g/mol. The Labute approximate surface area is 130 Å². The van der Waals surface area contributed by atoms with Gasteiger partial charge in [-0.25, -0.2) is 4.98 Å². The second-order valence-electron chi connectivity index (χ2n) is 5.75. The smallest absolute Gasteiger partial charge is 0.166 e. The van der Waals surface area contributed by atoms with Gasteiger partial charge in [0.2, 0.25) is 0 Å². The second kappa shape index (κ2) is 5.94. The van der Waals surface area contributed by atoms with Crippen LogP contribution in [0, 0.1) is 6.92 Å². The molecule has 0 aliphatic rings. The molecule has 0 aliphatic heterocycles. The topological polar surface area (TPSA) is 28.7 Å². The molecule has 0 saturated heterocycles. The molecule has 3 aromatic rings. The van der Waals surface area contributed by atoms with Gasteiger partial charge in [0.1, 0.15) is 0 Å². The Balaban J connectivity index is 1.71. The van der Waals surface area contributed by atoms with E-state index in [-0.39, 0.29) is 0 Å². The van der Waals surface area contributed by atoms with Gasteiger partial charge < -0.3 is 4.98 Å². The summed E-state index contributed by atoms with van der Waals surface area (Å²) in [4.78, 5) is 8.01. The monoisotopic (exact) mass is 296 g/mol. The molecule has 0 saturated carbocycles. The summed E-state index contributed by atoms with van der Waals surface area (Å²) < 4.78 is 0. The summed E-state index contributed by atoms with van der Waals surface area (Å²) in [6.07, 6.45) is 0. The molecule has 1 aromatic heterocycles. The van der Waals surface area contributed by atoms with Gasteiger partial charge in [0, 0.05) is 5.75 Å². The van der Waals surface area contributed by atoms with Gasteiger partial charge in [0.15, 0.2) is 5.16 Å². The van der Waals surface area contributed by atoms with Gasteiger partial charge in [-0.15, -0.1) is 0 Å². The van der Waals surface area contributed by atoms with Crippen molar-refractivity contribution in [3.8, 4) is 0 Å². The number of hydrogen-bond donors (Lipinski definition) is 1. The molecule has 3 heteroatoms. The zero-order valence-electron chi connectivity index (χ0n) is 12.7. The normalized spacial score (nSPS) is 11.4. The van der Waals surface area contributed by atoms with Crippen LogP contribution in [0.4, 0.5) is 0 Å². The van der Waals surface area contributed by atoms with E-state index in [0.717, 1.165) is 21.9 Å². The lowest BCUT2D eigenvalue weighted by molar-refractivity contribution is 0.866. The predicted octanol–water partition coefficient (Wildman–Crippen LogP) is 5.29. The Morgan fingerprint density at radius 1 is 1.10 bits per heavy atom. The van der Waals surface area contributed by atoms with Crippen molar-refractivity contribution >= 4 is 22.8 Å². The van der Waals surface area contributed by atoms with E-state index in [4.69, 9.17) is 0 Å². The summed E-state index contributed by atoms with van der Waals surface area (Å²) >= 11 is 1.75. The van der Waals surface area contributed by atoms with Crippen molar-refractivity contribution in [2.45, 2.75) is 37.6 Å². The van der Waals surface area contributed by atoms with Gasteiger partial charge >= 0.3 is 0 Å². The Hall–Kier alpha value is -1.74. The number of thioether (sulfide) groups is 1. The van der Waals surface area contributed by atoms with Crippen molar-refractivity contribution in [1.82, 2.24) is 9.97 Å². The summed E-state index contributed by atoms with van der Waals surface area (Å²) in [5.41, 5.74) is 6.14. The van der Waals surface area contributed by atoms with Crippen LogP contribution in [0.1, 0.15) is 36.5 Å². The van der Waals surface area contributed by atoms with Crippen molar-refractivity contribution < 1.29 is 0 Å². The van der Waals surface area contributed by atoms with Crippen LogP contribution in [0.25, 0.3) is 11.0 Å². The third-order valence-electron chi connectivity index (χ3n) is 3.64. The molecule has 0 aliphatic carbocycles. The Bertz CT molecular complexity index is 742. The van der Waals surface area contributed by atoms with Crippen LogP contribution in [0.5, 0.6) is 0 Å². The fourth-order valence-corrected chi connectivity index (χ4v) is 3.16. The molecular weight excluding hydrogens is 276 g/mol. The zero-order valence-corrected chi connectivity index (χ0v) is 13.5. The number of nitrogens with zero attached hydrogens (tertiary/aromatic N) is 1. The largest absolute Gasteiger partial charge is 0.333 e. The molecular formula is C18H20N2S. The number of benzene rings is 2. The molecule has 21 heavy (non-hydrogen) atoms. The summed E-state index contributed by atoms with van der Waals surface area (Å²) in [5.74, 6) is 1.53. The number of aryl methyl sites for hydroxylation is 1. The van der Waals surface area contributed by atoms with Crippen LogP contribution in [-0.2, 0) is 5.75 Å². The highest BCUT2D eigenvalue weighted by Gasteiger charge is 2.04. The van der Waals surface area contributed by atoms with E-state index in [1.165, 1.54) is 16.7 Å². The van der Waals surface area contributed by atoms with Crippen molar-refractivity contribution in [2.24, 2.45) is 0 Å². The molecule has 1 N–H and O–H groups in total. The van der Waals surface area contributed by atoms with Crippen molar-refractivity contribution in [3.05, 3.63) is 59.2 Å². The molecule has 0 unspecified atom stereocenters. The van der Waals surface area contributed by atoms with Crippen LogP contribution in [-0.4, -0.2) is 9.97 Å². The third-order valence-corrected chi connectivity index (χ3v) is 4.58. The molecule has 0 radical (unpaired) electrons. The van der Waals surface area contributed by atoms with Crippen molar-refractivity contribution in [1.29, 1.82) is 0 Å². The first kappa shape index (κ1) is 14.2. The van der Waals surface area contributed by atoms with Gasteiger partial charge in [0.05, 0.1) is 11.0 Å². The second-order valence-corrected chi connectivity index (χ2v) is 6.71. The lowest BCUT2D eigenvalue weighted by Gasteiger charge is -2.06. The van der Waals surface area contributed by atoms with Crippen molar-refractivity contribution in [2.75, 3.05) is 0 Å². The van der Waals surface area contributed by atoms with Gasteiger partial charge in [-0.05, 0) is 41.7 Å². The maximum Gasteiger partial charge on any atom is 0.166 e. The molecule has 2 aromatic carbocycles. The Morgan fingerprint density at radius 2 is 1.86 bits per heavy atom. The number of aromatic nitrogens is 2. The van der Waals surface area contributed by atoms with Crippen molar-refractivity contribution in [3.63, 3.8) is 0 Å². The van der Waals surface area contributed by atoms with Crippen LogP contribution in [0.15, 0.2) is 47.6 Å². The van der Waals surface area contributed by atoms with E-state index in [1.807, 2.05) is 0 Å². The van der Waals surface area contributed by atoms with E-state index in [2.05, 4.69) is 73.2 Å². The number of nitrogens with one attached hydrogen (secondary N) is 1. The minimum absolute atomic E-state index is 0.588. The molecule has 108 valence electrons. The number of aromatic amines is 1. The third kappa shape index (κ3) is 3.30. The minimum Gasteiger partial charge on any atom is -0.333 e. The van der Waals surface area contributed by atoms with E-state index in [9.17, 15) is 0 Å². The standard InChI is InChI=1S/C18H20N2S/c1-12(2)15-7-5-14(6-8-15)11-21-18-19-16-9-4-13(3)10-17(16)20-18/h4-10,12H,11H2,1-3H3,(H,19,20). The molecule has 3 rings (SSSR count). The maximum atomic E-state index is 4.62. The lowest BCUT2D eigenvalue weighted by Crippen LogP contribution is -1.88. The van der Waals surface area contributed by atoms with Gasteiger partial charge in [-0.3, -0.25) is 0 Å². The summed E-state index contributed by atoms with van der Waals surface area (Å²) in [7, 11) is 0.